The lowest BCUT2D eigenvalue weighted by Crippen LogP contribution is -2.30. The van der Waals surface area contributed by atoms with Crippen LogP contribution in [0.2, 0.25) is 0 Å². The molecule has 19 heteroatoms. The first kappa shape index (κ1) is 96.1. The summed E-state index contributed by atoms with van der Waals surface area (Å²) in [4.78, 5) is 72.9. The highest BCUT2D eigenvalue weighted by atomic mass is 31.2. The van der Waals surface area contributed by atoms with Crippen LogP contribution in [0.25, 0.3) is 0 Å². The Labute approximate surface area is 600 Å². The molecule has 0 fully saturated rings. The molecule has 0 aromatic heterocycles. The number of phosphoric acid groups is 2. The van der Waals surface area contributed by atoms with Crippen molar-refractivity contribution < 1.29 is 80.2 Å². The van der Waals surface area contributed by atoms with Gasteiger partial charge in [0.2, 0.25) is 0 Å². The zero-order valence-electron chi connectivity index (χ0n) is 63.9. The van der Waals surface area contributed by atoms with E-state index >= 15 is 0 Å². The van der Waals surface area contributed by atoms with Gasteiger partial charge in [-0.3, -0.25) is 37.3 Å². The van der Waals surface area contributed by atoms with E-state index in [0.717, 1.165) is 95.8 Å². The molecular weight excluding hydrogens is 1280 g/mol. The van der Waals surface area contributed by atoms with Crippen LogP contribution in [0.3, 0.4) is 0 Å². The number of aliphatic hydroxyl groups excluding tert-OH is 1. The zero-order valence-corrected chi connectivity index (χ0v) is 65.7. The van der Waals surface area contributed by atoms with E-state index in [4.69, 9.17) is 37.0 Å². The van der Waals surface area contributed by atoms with E-state index in [1.165, 1.54) is 244 Å². The van der Waals surface area contributed by atoms with Gasteiger partial charge in [-0.15, -0.1) is 0 Å². The fraction of sp³-hybridized carbons (Fsp3) is 0.949. The second kappa shape index (κ2) is 72.0. The fourth-order valence-electron chi connectivity index (χ4n) is 12.2. The normalized spacial score (nSPS) is 14.2. The van der Waals surface area contributed by atoms with Gasteiger partial charge in [0.25, 0.3) is 0 Å². The Hall–Kier alpha value is -1.94. The smallest absolute Gasteiger partial charge is 0.462 e. The van der Waals surface area contributed by atoms with Crippen molar-refractivity contribution in [2.75, 3.05) is 39.6 Å². The van der Waals surface area contributed by atoms with E-state index in [1.54, 1.807) is 0 Å². The fourth-order valence-corrected chi connectivity index (χ4v) is 13.8. The van der Waals surface area contributed by atoms with Crippen molar-refractivity contribution in [1.29, 1.82) is 0 Å². The average Bonchev–Trinajstić information content (AvgIpc) is 0.973. The summed E-state index contributed by atoms with van der Waals surface area (Å²) in [6.07, 6.45) is 62.3. The van der Waals surface area contributed by atoms with Gasteiger partial charge in [-0.2, -0.15) is 0 Å². The number of rotatable bonds is 79. The monoisotopic (exact) mass is 1440 g/mol. The van der Waals surface area contributed by atoms with Crippen molar-refractivity contribution >= 4 is 39.5 Å². The zero-order chi connectivity index (χ0) is 71.9. The van der Waals surface area contributed by atoms with Crippen LogP contribution in [-0.2, 0) is 65.4 Å². The van der Waals surface area contributed by atoms with Crippen LogP contribution in [0.5, 0.6) is 0 Å². The molecule has 0 amide bonds. The molecule has 0 saturated heterocycles. The number of phosphoric ester groups is 2. The van der Waals surface area contributed by atoms with Crippen molar-refractivity contribution in [2.24, 2.45) is 5.92 Å². The van der Waals surface area contributed by atoms with Gasteiger partial charge < -0.3 is 33.8 Å². The van der Waals surface area contributed by atoms with E-state index in [2.05, 4.69) is 34.6 Å². The van der Waals surface area contributed by atoms with Crippen LogP contribution in [0, 0.1) is 5.92 Å². The van der Waals surface area contributed by atoms with E-state index in [-0.39, 0.29) is 25.7 Å². The minimum atomic E-state index is -4.96. The quantitative estimate of drug-likeness (QED) is 0.0222. The Morgan fingerprint density at radius 3 is 0.724 bits per heavy atom. The van der Waals surface area contributed by atoms with Gasteiger partial charge in [-0.1, -0.05) is 369 Å². The summed E-state index contributed by atoms with van der Waals surface area (Å²) in [5.41, 5.74) is 0. The highest BCUT2D eigenvalue weighted by molar-refractivity contribution is 7.47. The molecule has 582 valence electrons. The number of carbonyl (C=O) groups is 4. The van der Waals surface area contributed by atoms with E-state index in [9.17, 15) is 43.2 Å². The predicted octanol–water partition coefficient (Wildman–Crippen LogP) is 23.6. The molecule has 17 nitrogen and oxygen atoms in total. The van der Waals surface area contributed by atoms with Gasteiger partial charge >= 0.3 is 39.5 Å². The Morgan fingerprint density at radius 1 is 0.286 bits per heavy atom. The maximum atomic E-state index is 13.1. The lowest BCUT2D eigenvalue weighted by Gasteiger charge is -2.21. The van der Waals surface area contributed by atoms with Crippen molar-refractivity contribution in [2.45, 2.75) is 438 Å². The highest BCUT2D eigenvalue weighted by Gasteiger charge is 2.30. The summed E-state index contributed by atoms with van der Waals surface area (Å²) in [5, 5.41) is 10.6. The van der Waals surface area contributed by atoms with Gasteiger partial charge in [-0.25, -0.2) is 9.13 Å². The lowest BCUT2D eigenvalue weighted by atomic mass is 9.99. The Morgan fingerprint density at radius 2 is 0.490 bits per heavy atom. The minimum Gasteiger partial charge on any atom is -0.462 e. The molecule has 0 radical (unpaired) electrons. The van der Waals surface area contributed by atoms with Crippen molar-refractivity contribution in [3.63, 3.8) is 0 Å². The number of hydrogen-bond acceptors (Lipinski definition) is 15. The maximum Gasteiger partial charge on any atom is 0.472 e. The van der Waals surface area contributed by atoms with E-state index < -0.39 is 97.5 Å². The molecule has 0 bridgehead atoms. The van der Waals surface area contributed by atoms with Crippen LogP contribution in [-0.4, -0.2) is 96.7 Å². The largest absolute Gasteiger partial charge is 0.472 e. The van der Waals surface area contributed by atoms with E-state index in [0.29, 0.717) is 25.7 Å². The van der Waals surface area contributed by atoms with Crippen molar-refractivity contribution in [3.05, 3.63) is 0 Å². The molecule has 3 N–H and O–H groups in total. The first-order chi connectivity index (χ1) is 47.6. The summed E-state index contributed by atoms with van der Waals surface area (Å²) in [6, 6.07) is 0. The summed E-state index contributed by atoms with van der Waals surface area (Å²) in [6.45, 7) is 7.33. The van der Waals surface area contributed by atoms with Gasteiger partial charge in [0.05, 0.1) is 26.4 Å². The third kappa shape index (κ3) is 71.1. The van der Waals surface area contributed by atoms with Gasteiger partial charge in [-0.05, 0) is 31.6 Å². The first-order valence-electron chi connectivity index (χ1n) is 41.2. The molecule has 6 atom stereocenters. The number of esters is 4. The minimum absolute atomic E-state index is 0.107. The third-order valence-electron chi connectivity index (χ3n) is 18.9. The van der Waals surface area contributed by atoms with Gasteiger partial charge in [0.15, 0.2) is 12.2 Å². The number of unbranched alkanes of at least 4 members (excludes halogenated alkanes) is 50. The standard InChI is InChI=1S/C79H154O17P2/c1-6-10-13-16-19-22-24-26-28-30-31-32-34-36-38-44-49-54-59-64-78(83)95-75(69-90-77(82)63-58-53-48-43-37-35-33-29-27-25-23-20-17-14-11-7-2)71-94-98(87,88)92-67-73(80)66-91-97(85,86)93-70-74(68-89-76(81)62-57-52-47-41-21-18-15-12-8-3)96-79(84)65-60-55-50-45-40-39-42-46-51-56-61-72(5)9-4/h72-75,80H,6-71H2,1-5H3,(H,85,86)(H,87,88)/t72?,73-,74+,75+/m0/s1. The average molecular weight is 1440 g/mol. The molecule has 0 aliphatic carbocycles. The molecule has 0 spiro atoms. The van der Waals surface area contributed by atoms with Crippen molar-refractivity contribution in [3.8, 4) is 0 Å². The molecule has 0 heterocycles. The molecule has 98 heavy (non-hydrogen) atoms. The summed E-state index contributed by atoms with van der Waals surface area (Å²) >= 11 is 0. The lowest BCUT2D eigenvalue weighted by molar-refractivity contribution is -0.161. The molecule has 0 aliphatic heterocycles. The molecule has 3 unspecified atom stereocenters. The number of ether oxygens (including phenoxy) is 4. The van der Waals surface area contributed by atoms with E-state index in [1.807, 2.05) is 0 Å². The number of aliphatic hydroxyl groups is 1. The van der Waals surface area contributed by atoms with Crippen LogP contribution in [0.4, 0.5) is 0 Å². The SMILES string of the molecule is CCCCCCCCCCCCCCCCCCCCCC(=O)O[C@H](COC(=O)CCCCCCCCCCCCCCCCCC)COP(=O)(O)OC[C@@H](O)COP(=O)(O)OC[C@@H](COC(=O)CCCCCCCCCCC)OC(=O)CCCCCCCCCCCCC(C)CC. The van der Waals surface area contributed by atoms with Crippen LogP contribution in [0.1, 0.15) is 420 Å². The van der Waals surface area contributed by atoms with Crippen LogP contribution < -0.4 is 0 Å². The van der Waals surface area contributed by atoms with Crippen LogP contribution in [0.15, 0.2) is 0 Å². The summed E-state index contributed by atoms with van der Waals surface area (Å²) < 4.78 is 68.6. The molecule has 0 rings (SSSR count). The Bertz CT molecular complexity index is 1880. The Balaban J connectivity index is 5.22. The molecule has 0 aliphatic rings. The Kier molecular flexibility index (Phi) is 70.6. The van der Waals surface area contributed by atoms with Gasteiger partial charge in [0.1, 0.15) is 19.3 Å². The molecular formula is C79H154O17P2. The van der Waals surface area contributed by atoms with Crippen LogP contribution >= 0.6 is 15.6 Å². The second-order valence-electron chi connectivity index (χ2n) is 28.7. The van der Waals surface area contributed by atoms with Gasteiger partial charge in [0, 0.05) is 25.7 Å². The van der Waals surface area contributed by atoms with Crippen molar-refractivity contribution in [1.82, 2.24) is 0 Å². The third-order valence-corrected chi connectivity index (χ3v) is 20.8. The number of carbonyl (C=O) groups excluding carboxylic acids is 4. The summed E-state index contributed by atoms with van der Waals surface area (Å²) in [5.74, 6) is -1.31. The first-order valence-corrected chi connectivity index (χ1v) is 44.2. The predicted molar refractivity (Wildman–Crippen MR) is 400 cm³/mol. The molecule has 0 saturated carbocycles. The second-order valence-corrected chi connectivity index (χ2v) is 31.6. The topological polar surface area (TPSA) is 237 Å². The highest BCUT2D eigenvalue weighted by Crippen LogP contribution is 2.45. The number of hydrogen-bond donors (Lipinski definition) is 3. The maximum absolute atomic E-state index is 13.1. The molecule has 0 aromatic carbocycles. The molecule has 0 aromatic rings. The summed E-state index contributed by atoms with van der Waals surface area (Å²) in [7, 11) is -9.91.